The van der Waals surface area contributed by atoms with Crippen LogP contribution in [0.4, 0.5) is 0 Å². The number of hydrogen-bond donors (Lipinski definition) is 2. The van der Waals surface area contributed by atoms with Gasteiger partial charge in [-0.15, -0.1) is 0 Å². The summed E-state index contributed by atoms with van der Waals surface area (Å²) in [7, 11) is 1.56. The zero-order valence-corrected chi connectivity index (χ0v) is 20.6. The third-order valence-electron chi connectivity index (χ3n) is 5.95. The highest BCUT2D eigenvalue weighted by Gasteiger charge is 2.46. The van der Waals surface area contributed by atoms with Gasteiger partial charge in [-0.25, -0.2) is 0 Å². The Morgan fingerprint density at radius 2 is 1.79 bits per heavy atom. The number of aromatic hydroxyl groups is 1. The number of nitrogens with zero attached hydrogens (tertiary/aromatic N) is 2. The van der Waals surface area contributed by atoms with E-state index in [1.165, 1.54) is 17.0 Å². The first-order valence-electron chi connectivity index (χ1n) is 11.0. The highest BCUT2D eigenvalue weighted by Crippen LogP contribution is 2.41. The molecule has 1 heterocycles. The maximum absolute atomic E-state index is 13.1. The summed E-state index contributed by atoms with van der Waals surface area (Å²) in [6.45, 7) is 7.12. The predicted octanol–water partition coefficient (Wildman–Crippen LogP) is 4.32. The number of methoxy groups -OCH3 is 1. The number of rotatable bonds is 9. The van der Waals surface area contributed by atoms with Crippen molar-refractivity contribution in [3.8, 4) is 11.5 Å². The zero-order valence-electron chi connectivity index (χ0n) is 19.0. The summed E-state index contributed by atoms with van der Waals surface area (Å²) in [4.78, 5) is 29.9. The number of carbonyl (C=O) groups excluding carboxylic acids is 2. The third kappa shape index (κ3) is 5.23. The number of benzene rings is 2. The first-order valence-corrected chi connectivity index (χ1v) is 11.7. The van der Waals surface area contributed by atoms with Gasteiger partial charge >= 0.3 is 0 Å². The van der Waals surface area contributed by atoms with Crippen molar-refractivity contribution in [3.63, 3.8) is 0 Å². The second-order valence-corrected chi connectivity index (χ2v) is 8.72. The molecule has 1 aliphatic heterocycles. The number of amides is 1. The smallest absolute Gasteiger partial charge is 0.295 e. The van der Waals surface area contributed by atoms with Gasteiger partial charge in [0.1, 0.15) is 17.3 Å². The average molecular weight is 517 g/mol. The van der Waals surface area contributed by atoms with Gasteiger partial charge in [-0.2, -0.15) is 0 Å². The molecule has 1 amide bonds. The quantitative estimate of drug-likeness (QED) is 0.293. The van der Waals surface area contributed by atoms with Crippen molar-refractivity contribution in [1.29, 1.82) is 0 Å². The largest absolute Gasteiger partial charge is 0.507 e. The highest BCUT2D eigenvalue weighted by molar-refractivity contribution is 9.10. The van der Waals surface area contributed by atoms with Gasteiger partial charge < -0.3 is 24.7 Å². The lowest BCUT2D eigenvalue weighted by atomic mass is 9.95. The fourth-order valence-corrected chi connectivity index (χ4v) is 4.45. The van der Waals surface area contributed by atoms with Gasteiger partial charge in [-0.1, -0.05) is 41.9 Å². The molecule has 33 heavy (non-hydrogen) atoms. The van der Waals surface area contributed by atoms with E-state index in [4.69, 9.17) is 4.74 Å². The molecule has 1 unspecified atom stereocenters. The number of aliphatic hydroxyl groups excluding tert-OH is 1. The molecule has 0 saturated carbocycles. The van der Waals surface area contributed by atoms with Crippen LogP contribution in [-0.2, 0) is 9.59 Å². The molecule has 2 aromatic carbocycles. The van der Waals surface area contributed by atoms with Crippen LogP contribution in [0, 0.1) is 0 Å². The number of carbonyl (C=O) groups is 2. The summed E-state index contributed by atoms with van der Waals surface area (Å²) in [6, 6.07) is 10.8. The molecular weight excluding hydrogens is 488 g/mol. The van der Waals surface area contributed by atoms with Crippen molar-refractivity contribution < 1.29 is 24.5 Å². The molecule has 1 saturated heterocycles. The Morgan fingerprint density at radius 3 is 2.39 bits per heavy atom. The van der Waals surface area contributed by atoms with Crippen LogP contribution in [0.25, 0.3) is 5.76 Å². The summed E-state index contributed by atoms with van der Waals surface area (Å²) in [5, 5.41) is 21.4. The number of likely N-dealkylation sites (tertiary alicyclic amines) is 1. The van der Waals surface area contributed by atoms with Gasteiger partial charge in [0.15, 0.2) is 0 Å². The van der Waals surface area contributed by atoms with E-state index >= 15 is 0 Å². The molecule has 3 rings (SSSR count). The Bertz CT molecular complexity index is 1050. The Labute approximate surface area is 202 Å². The first kappa shape index (κ1) is 24.8. The second-order valence-electron chi connectivity index (χ2n) is 7.81. The van der Waals surface area contributed by atoms with Crippen molar-refractivity contribution in [2.24, 2.45) is 0 Å². The van der Waals surface area contributed by atoms with Gasteiger partial charge in [-0.3, -0.25) is 9.59 Å². The molecule has 2 aromatic rings. The topological polar surface area (TPSA) is 90.3 Å². The van der Waals surface area contributed by atoms with Crippen LogP contribution in [0.2, 0.25) is 0 Å². The van der Waals surface area contributed by atoms with E-state index in [1.807, 2.05) is 0 Å². The van der Waals surface area contributed by atoms with Crippen LogP contribution in [0.15, 0.2) is 52.5 Å². The molecule has 0 spiro atoms. The number of hydrogen-bond acceptors (Lipinski definition) is 6. The van der Waals surface area contributed by atoms with Gasteiger partial charge in [-0.05, 0) is 62.0 Å². The van der Waals surface area contributed by atoms with E-state index in [-0.39, 0.29) is 16.9 Å². The van der Waals surface area contributed by atoms with Crippen LogP contribution >= 0.6 is 15.9 Å². The van der Waals surface area contributed by atoms with Gasteiger partial charge in [0.25, 0.3) is 11.7 Å². The Hall–Kier alpha value is -2.84. The molecule has 176 valence electrons. The Morgan fingerprint density at radius 1 is 1.12 bits per heavy atom. The Balaban J connectivity index is 2.07. The van der Waals surface area contributed by atoms with Crippen LogP contribution in [0.1, 0.15) is 37.4 Å². The van der Waals surface area contributed by atoms with Crippen molar-refractivity contribution >= 4 is 33.4 Å². The molecular formula is C25H29BrN2O5. The van der Waals surface area contributed by atoms with Crippen LogP contribution in [0.5, 0.6) is 11.5 Å². The number of phenolic OH excluding ortho intramolecular Hbond substituents is 1. The SMILES string of the molecule is CCN(CC)CCCN1C(=O)C(=O)/C(=C(/O)c2cc(Br)ccc2O)C1c1ccc(OC)cc1. The maximum atomic E-state index is 13.1. The van der Waals surface area contributed by atoms with Crippen LogP contribution < -0.4 is 4.74 Å². The van der Waals surface area contributed by atoms with Crippen molar-refractivity contribution in [3.05, 3.63) is 63.6 Å². The molecule has 0 bridgehead atoms. The van der Waals surface area contributed by atoms with Gasteiger partial charge in [0, 0.05) is 11.0 Å². The van der Waals surface area contributed by atoms with E-state index in [1.54, 1.807) is 37.4 Å². The van der Waals surface area contributed by atoms with E-state index < -0.39 is 23.5 Å². The minimum Gasteiger partial charge on any atom is -0.507 e. The fraction of sp³-hybridized carbons (Fsp3) is 0.360. The summed E-state index contributed by atoms with van der Waals surface area (Å²) in [5.74, 6) is -1.38. The maximum Gasteiger partial charge on any atom is 0.295 e. The molecule has 1 atom stereocenters. The lowest BCUT2D eigenvalue weighted by molar-refractivity contribution is -0.140. The molecule has 8 heteroatoms. The molecule has 0 radical (unpaired) electrons. The first-order chi connectivity index (χ1) is 15.8. The van der Waals surface area contributed by atoms with Crippen LogP contribution in [0.3, 0.4) is 0 Å². The minimum atomic E-state index is -0.772. The number of aliphatic hydroxyl groups is 1. The summed E-state index contributed by atoms with van der Waals surface area (Å²) in [6.07, 6.45) is 0.684. The van der Waals surface area contributed by atoms with E-state index in [0.29, 0.717) is 28.8 Å². The third-order valence-corrected chi connectivity index (χ3v) is 6.45. The van der Waals surface area contributed by atoms with E-state index in [9.17, 15) is 19.8 Å². The Kier molecular flexibility index (Phi) is 8.15. The molecule has 0 aromatic heterocycles. The van der Waals surface area contributed by atoms with Crippen LogP contribution in [-0.4, -0.2) is 65.0 Å². The van der Waals surface area contributed by atoms with Crippen molar-refractivity contribution in [2.75, 3.05) is 33.3 Å². The molecule has 0 aliphatic carbocycles. The summed E-state index contributed by atoms with van der Waals surface area (Å²) < 4.78 is 5.86. The monoisotopic (exact) mass is 516 g/mol. The van der Waals surface area contributed by atoms with Crippen molar-refractivity contribution in [2.45, 2.75) is 26.3 Å². The average Bonchev–Trinajstić information content (AvgIpc) is 3.08. The van der Waals surface area contributed by atoms with Crippen molar-refractivity contribution in [1.82, 2.24) is 9.80 Å². The highest BCUT2D eigenvalue weighted by atomic mass is 79.9. The number of ketones is 1. The normalized spacial score (nSPS) is 17.7. The number of ether oxygens (including phenoxy) is 1. The summed E-state index contributed by atoms with van der Waals surface area (Å²) >= 11 is 3.32. The number of halogens is 1. The lowest BCUT2D eigenvalue weighted by Crippen LogP contribution is -2.33. The van der Waals surface area contributed by atoms with E-state index in [2.05, 4.69) is 34.7 Å². The fourth-order valence-electron chi connectivity index (χ4n) is 4.09. The number of phenols is 1. The second kappa shape index (κ2) is 10.9. The molecule has 1 fully saturated rings. The molecule has 2 N–H and O–H groups in total. The minimum absolute atomic E-state index is 0.0404. The summed E-state index contributed by atoms with van der Waals surface area (Å²) in [5.41, 5.74) is 0.722. The lowest BCUT2D eigenvalue weighted by Gasteiger charge is -2.27. The van der Waals surface area contributed by atoms with Gasteiger partial charge in [0.2, 0.25) is 0 Å². The predicted molar refractivity (Wildman–Crippen MR) is 130 cm³/mol. The van der Waals surface area contributed by atoms with E-state index in [0.717, 1.165) is 19.6 Å². The standard InChI is InChI=1S/C25H29BrN2O5/c1-4-27(5-2)13-6-14-28-22(16-7-10-18(33-3)11-8-16)21(24(31)25(28)32)23(30)19-15-17(26)9-12-20(19)29/h7-12,15,22,29-30H,4-6,13-14H2,1-3H3/b23-21+. The molecule has 7 nitrogen and oxygen atoms in total. The van der Waals surface area contributed by atoms with Gasteiger partial charge in [0.05, 0.1) is 24.3 Å². The zero-order chi connectivity index (χ0) is 24.1. The number of Topliss-reactive ketones (excluding diaryl/α,β-unsaturated/α-hetero) is 1. The molecule has 1 aliphatic rings.